The summed E-state index contributed by atoms with van der Waals surface area (Å²) in [7, 11) is 0. The number of ketones is 1. The largest absolute Gasteiger partial charge is 0.299 e. The molecule has 0 aliphatic rings. The van der Waals surface area contributed by atoms with Crippen molar-refractivity contribution < 1.29 is 4.79 Å². The summed E-state index contributed by atoms with van der Waals surface area (Å²) in [5.41, 5.74) is 0. The topological polar surface area (TPSA) is 20.3 Å². The summed E-state index contributed by atoms with van der Waals surface area (Å²) in [6.45, 7) is 10.9. The van der Waals surface area contributed by atoms with Gasteiger partial charge in [-0.15, -0.1) is 0 Å². The second-order valence-corrected chi connectivity index (χ2v) is 3.71. The second-order valence-electron chi connectivity index (χ2n) is 3.71. The first-order valence-electron chi connectivity index (χ1n) is 5.35. The predicted molar refractivity (Wildman–Crippen MR) is 56.9 cm³/mol. The van der Waals surface area contributed by atoms with E-state index in [1.54, 1.807) is 6.92 Å². The van der Waals surface area contributed by atoms with E-state index in [9.17, 15) is 4.79 Å². The highest BCUT2D eigenvalue weighted by atomic mass is 16.1. The van der Waals surface area contributed by atoms with Crippen LogP contribution in [0.5, 0.6) is 0 Å². The monoisotopic (exact) mass is 185 g/mol. The molecule has 0 aliphatic carbocycles. The van der Waals surface area contributed by atoms with Gasteiger partial charge in [-0.2, -0.15) is 0 Å². The van der Waals surface area contributed by atoms with Gasteiger partial charge >= 0.3 is 0 Å². The Hall–Kier alpha value is -0.370. The second kappa shape index (κ2) is 7.07. The number of carbonyl (C=O) groups is 1. The zero-order valence-corrected chi connectivity index (χ0v) is 9.47. The van der Waals surface area contributed by atoms with Crippen molar-refractivity contribution in [3.05, 3.63) is 0 Å². The quantitative estimate of drug-likeness (QED) is 0.606. The average molecular weight is 185 g/mol. The molecule has 0 aromatic carbocycles. The van der Waals surface area contributed by atoms with Crippen molar-refractivity contribution in [3.8, 4) is 0 Å². The van der Waals surface area contributed by atoms with Crippen molar-refractivity contribution in [1.29, 1.82) is 0 Å². The molecular weight excluding hydrogens is 162 g/mol. The molecule has 0 unspecified atom stereocenters. The van der Waals surface area contributed by atoms with Crippen molar-refractivity contribution in [2.45, 2.75) is 40.5 Å². The van der Waals surface area contributed by atoms with E-state index in [2.05, 4.69) is 25.7 Å². The van der Waals surface area contributed by atoms with Crippen LogP contribution in [0.25, 0.3) is 0 Å². The molecule has 0 bridgehead atoms. The summed E-state index contributed by atoms with van der Waals surface area (Å²) < 4.78 is 0. The lowest BCUT2D eigenvalue weighted by molar-refractivity contribution is -0.118. The highest BCUT2D eigenvalue weighted by Crippen LogP contribution is 2.09. The smallest absolute Gasteiger partial charge is 0.143 e. The van der Waals surface area contributed by atoms with Gasteiger partial charge in [0.2, 0.25) is 0 Å². The lowest BCUT2D eigenvalue weighted by Crippen LogP contribution is -2.33. The van der Waals surface area contributed by atoms with E-state index < -0.39 is 0 Å². The Morgan fingerprint density at radius 3 is 2.08 bits per heavy atom. The van der Waals surface area contributed by atoms with Gasteiger partial charge in [-0.25, -0.2) is 0 Å². The summed E-state index contributed by atoms with van der Waals surface area (Å²) in [4.78, 5) is 13.2. The SMILES string of the molecule is CCC(CC)CN(CC)CC(C)=O. The number of hydrogen-bond acceptors (Lipinski definition) is 2. The minimum atomic E-state index is 0.271. The van der Waals surface area contributed by atoms with Gasteiger partial charge in [0, 0.05) is 6.54 Å². The first-order valence-corrected chi connectivity index (χ1v) is 5.35. The fourth-order valence-corrected chi connectivity index (χ4v) is 1.53. The molecule has 0 amide bonds. The van der Waals surface area contributed by atoms with Gasteiger partial charge in [0.15, 0.2) is 0 Å². The Bertz CT molecular complexity index is 141. The summed E-state index contributed by atoms with van der Waals surface area (Å²) in [6, 6.07) is 0. The summed E-state index contributed by atoms with van der Waals surface area (Å²) in [6.07, 6.45) is 2.43. The number of likely N-dealkylation sites (N-methyl/N-ethyl adjacent to an activating group) is 1. The zero-order valence-electron chi connectivity index (χ0n) is 9.47. The molecule has 0 aliphatic heterocycles. The molecule has 0 atom stereocenters. The van der Waals surface area contributed by atoms with Crippen LogP contribution in [0, 0.1) is 5.92 Å². The Morgan fingerprint density at radius 2 is 1.77 bits per heavy atom. The van der Waals surface area contributed by atoms with Crippen LogP contribution >= 0.6 is 0 Å². The van der Waals surface area contributed by atoms with E-state index >= 15 is 0 Å². The number of carbonyl (C=O) groups excluding carboxylic acids is 1. The highest BCUT2D eigenvalue weighted by Gasteiger charge is 2.10. The molecule has 0 saturated heterocycles. The van der Waals surface area contributed by atoms with Crippen LogP contribution in [0.3, 0.4) is 0 Å². The van der Waals surface area contributed by atoms with Crippen molar-refractivity contribution in [1.82, 2.24) is 4.90 Å². The molecule has 0 fully saturated rings. The molecule has 0 spiro atoms. The Morgan fingerprint density at radius 1 is 1.23 bits per heavy atom. The maximum atomic E-state index is 10.9. The molecule has 2 nitrogen and oxygen atoms in total. The molecule has 0 aromatic rings. The van der Waals surface area contributed by atoms with Crippen molar-refractivity contribution >= 4 is 5.78 Å². The van der Waals surface area contributed by atoms with Crippen LogP contribution in [0.2, 0.25) is 0 Å². The Balaban J connectivity index is 3.87. The third-order valence-electron chi connectivity index (χ3n) is 2.56. The molecule has 0 N–H and O–H groups in total. The number of rotatable bonds is 7. The Kier molecular flexibility index (Phi) is 6.87. The summed E-state index contributed by atoms with van der Waals surface area (Å²) in [5, 5.41) is 0. The van der Waals surface area contributed by atoms with E-state index in [-0.39, 0.29) is 5.78 Å². The van der Waals surface area contributed by atoms with Crippen molar-refractivity contribution in [3.63, 3.8) is 0 Å². The third-order valence-corrected chi connectivity index (χ3v) is 2.56. The van der Waals surface area contributed by atoms with Gasteiger partial charge < -0.3 is 0 Å². The van der Waals surface area contributed by atoms with Crippen LogP contribution in [0.15, 0.2) is 0 Å². The molecule has 13 heavy (non-hydrogen) atoms. The lowest BCUT2D eigenvalue weighted by atomic mass is 10.0. The van der Waals surface area contributed by atoms with E-state index in [0.717, 1.165) is 19.0 Å². The van der Waals surface area contributed by atoms with Gasteiger partial charge in [0.1, 0.15) is 5.78 Å². The van der Waals surface area contributed by atoms with Crippen LogP contribution in [0.4, 0.5) is 0 Å². The Labute approximate surface area is 82.3 Å². The number of hydrogen-bond donors (Lipinski definition) is 0. The maximum Gasteiger partial charge on any atom is 0.143 e. The van der Waals surface area contributed by atoms with Crippen molar-refractivity contribution in [2.24, 2.45) is 5.92 Å². The predicted octanol–water partition coefficient (Wildman–Crippen LogP) is 2.33. The normalized spacial score (nSPS) is 11.2. The molecule has 0 radical (unpaired) electrons. The van der Waals surface area contributed by atoms with E-state index in [0.29, 0.717) is 6.54 Å². The average Bonchev–Trinajstić information content (AvgIpc) is 2.11. The first-order chi connectivity index (χ1) is 6.13. The highest BCUT2D eigenvalue weighted by molar-refractivity contribution is 5.77. The minimum absolute atomic E-state index is 0.271. The standard InChI is InChI=1S/C11H23NO/c1-5-11(6-2)9-12(7-3)8-10(4)13/h11H,5-9H2,1-4H3. The van der Waals surface area contributed by atoms with E-state index in [1.165, 1.54) is 12.8 Å². The molecule has 0 aromatic heterocycles. The van der Waals surface area contributed by atoms with E-state index in [4.69, 9.17) is 0 Å². The third kappa shape index (κ3) is 5.81. The van der Waals surface area contributed by atoms with Gasteiger partial charge in [-0.1, -0.05) is 33.6 Å². The first kappa shape index (κ1) is 12.6. The van der Waals surface area contributed by atoms with Crippen molar-refractivity contribution in [2.75, 3.05) is 19.6 Å². The summed E-state index contributed by atoms with van der Waals surface area (Å²) in [5.74, 6) is 1.02. The van der Waals surface area contributed by atoms with Crippen LogP contribution in [-0.2, 0) is 4.79 Å². The molecule has 0 rings (SSSR count). The maximum absolute atomic E-state index is 10.9. The fraction of sp³-hybridized carbons (Fsp3) is 0.909. The van der Waals surface area contributed by atoms with Gasteiger partial charge in [-0.05, 0) is 19.4 Å². The summed E-state index contributed by atoms with van der Waals surface area (Å²) >= 11 is 0. The zero-order chi connectivity index (χ0) is 10.3. The lowest BCUT2D eigenvalue weighted by Gasteiger charge is -2.23. The number of Topliss-reactive ketones (excluding diaryl/α,β-unsaturated/α-hetero) is 1. The fourth-order valence-electron chi connectivity index (χ4n) is 1.53. The van der Waals surface area contributed by atoms with Gasteiger partial charge in [0.05, 0.1) is 6.54 Å². The van der Waals surface area contributed by atoms with Crippen LogP contribution < -0.4 is 0 Å². The van der Waals surface area contributed by atoms with E-state index in [1.807, 2.05) is 0 Å². The molecular formula is C11H23NO. The molecule has 2 heteroatoms. The minimum Gasteiger partial charge on any atom is -0.299 e. The molecule has 78 valence electrons. The molecule has 0 heterocycles. The van der Waals surface area contributed by atoms with Crippen LogP contribution in [0.1, 0.15) is 40.5 Å². The van der Waals surface area contributed by atoms with Gasteiger partial charge in [-0.3, -0.25) is 9.69 Å². The van der Waals surface area contributed by atoms with Gasteiger partial charge in [0.25, 0.3) is 0 Å². The molecule has 0 saturated carbocycles. The number of nitrogens with zero attached hydrogens (tertiary/aromatic N) is 1. The van der Waals surface area contributed by atoms with Crippen LogP contribution in [-0.4, -0.2) is 30.3 Å².